The molecule has 128 valence electrons. The van der Waals surface area contributed by atoms with Crippen molar-refractivity contribution < 1.29 is 4.79 Å². The summed E-state index contributed by atoms with van der Waals surface area (Å²) in [5.74, 6) is -0.00925. The van der Waals surface area contributed by atoms with Crippen LogP contribution in [-0.4, -0.2) is 22.7 Å². The maximum absolute atomic E-state index is 12.8. The Hall–Kier alpha value is -2.14. The zero-order valence-electron chi connectivity index (χ0n) is 14.8. The van der Waals surface area contributed by atoms with Crippen molar-refractivity contribution >= 4 is 5.91 Å². The lowest BCUT2D eigenvalue weighted by Crippen LogP contribution is -2.40. The second-order valence-electron chi connectivity index (χ2n) is 7.24. The first-order valence-electron chi connectivity index (χ1n) is 8.48. The van der Waals surface area contributed by atoms with Crippen LogP contribution in [-0.2, 0) is 17.3 Å². The molecule has 1 heterocycles. The minimum atomic E-state index is -0.388. The summed E-state index contributed by atoms with van der Waals surface area (Å²) < 4.78 is 1.71. The van der Waals surface area contributed by atoms with E-state index in [1.165, 1.54) is 11.1 Å². The van der Waals surface area contributed by atoms with Crippen LogP contribution in [0.1, 0.15) is 55.5 Å². The van der Waals surface area contributed by atoms with Crippen LogP contribution >= 0.6 is 0 Å². The van der Waals surface area contributed by atoms with E-state index in [0.29, 0.717) is 0 Å². The van der Waals surface area contributed by atoms with Crippen molar-refractivity contribution in [2.45, 2.75) is 44.2 Å². The third-order valence-corrected chi connectivity index (χ3v) is 5.05. The number of aryl methyl sites for hydroxylation is 1. The minimum Gasteiger partial charge on any atom is -0.348 e. The smallest absolute Gasteiger partial charge is 0.242 e. The summed E-state index contributed by atoms with van der Waals surface area (Å²) in [5.41, 5.74) is 3.61. The highest BCUT2D eigenvalue weighted by molar-refractivity contribution is 5.83. The predicted molar refractivity (Wildman–Crippen MR) is 94.6 cm³/mol. The van der Waals surface area contributed by atoms with Gasteiger partial charge < -0.3 is 10.6 Å². The number of hydrogen-bond acceptors (Lipinski definition) is 3. The summed E-state index contributed by atoms with van der Waals surface area (Å²) in [7, 11) is 3.66. The lowest BCUT2D eigenvalue weighted by atomic mass is 9.71. The Morgan fingerprint density at radius 3 is 2.79 bits per heavy atom. The second kappa shape index (κ2) is 6.40. The molecule has 1 amide bonds. The normalized spacial score (nSPS) is 20.2. The van der Waals surface area contributed by atoms with E-state index in [1.807, 2.05) is 13.2 Å². The summed E-state index contributed by atoms with van der Waals surface area (Å²) in [6.45, 7) is 4.55. The number of aromatic nitrogens is 2. The number of rotatable bonds is 4. The molecule has 0 fully saturated rings. The van der Waals surface area contributed by atoms with E-state index in [2.05, 4.69) is 53.8 Å². The number of hydrogen-bond donors (Lipinski definition) is 2. The molecule has 5 heteroatoms. The van der Waals surface area contributed by atoms with Gasteiger partial charge in [-0.3, -0.25) is 9.48 Å². The molecular formula is C19H26N4O. The monoisotopic (exact) mass is 326 g/mol. The predicted octanol–water partition coefficient (Wildman–Crippen LogP) is 2.61. The first-order valence-corrected chi connectivity index (χ1v) is 8.48. The highest BCUT2D eigenvalue weighted by Crippen LogP contribution is 2.41. The second-order valence-corrected chi connectivity index (χ2v) is 7.24. The van der Waals surface area contributed by atoms with Crippen LogP contribution in [0.5, 0.6) is 0 Å². The van der Waals surface area contributed by atoms with E-state index < -0.39 is 0 Å². The van der Waals surface area contributed by atoms with Gasteiger partial charge in [0.15, 0.2) is 0 Å². The number of carbonyl (C=O) groups excluding carboxylic acids is 1. The van der Waals surface area contributed by atoms with E-state index in [0.717, 1.165) is 18.4 Å². The fraction of sp³-hybridized carbons (Fsp3) is 0.474. The van der Waals surface area contributed by atoms with E-state index in [1.54, 1.807) is 17.9 Å². The molecule has 1 aromatic heterocycles. The number of nitrogens with zero attached hydrogens (tertiary/aromatic N) is 2. The molecule has 5 nitrogen and oxygen atoms in total. The summed E-state index contributed by atoms with van der Waals surface area (Å²) in [5, 5.41) is 10.5. The van der Waals surface area contributed by atoms with Gasteiger partial charge in [-0.05, 0) is 36.4 Å². The molecule has 1 aliphatic rings. The Morgan fingerprint density at radius 1 is 1.38 bits per heavy atom. The molecular weight excluding hydrogens is 300 g/mol. The van der Waals surface area contributed by atoms with Gasteiger partial charge in [-0.15, -0.1) is 0 Å². The molecule has 24 heavy (non-hydrogen) atoms. The van der Waals surface area contributed by atoms with Crippen molar-refractivity contribution in [3.8, 4) is 0 Å². The number of fused-ring (bicyclic) bond motifs is 1. The summed E-state index contributed by atoms with van der Waals surface area (Å²) in [6.07, 6.45) is 5.63. The summed E-state index contributed by atoms with van der Waals surface area (Å²) in [6, 6.07) is 8.13. The van der Waals surface area contributed by atoms with Gasteiger partial charge in [-0.2, -0.15) is 5.10 Å². The Labute approximate surface area is 143 Å². The summed E-state index contributed by atoms with van der Waals surface area (Å²) >= 11 is 0. The van der Waals surface area contributed by atoms with Gasteiger partial charge in [0, 0.05) is 18.8 Å². The van der Waals surface area contributed by atoms with E-state index in [4.69, 9.17) is 0 Å². The van der Waals surface area contributed by atoms with Gasteiger partial charge in [-0.25, -0.2) is 0 Å². The fourth-order valence-corrected chi connectivity index (χ4v) is 3.66. The third-order valence-electron chi connectivity index (χ3n) is 5.05. The average molecular weight is 326 g/mol. The van der Waals surface area contributed by atoms with Crippen molar-refractivity contribution in [2.75, 3.05) is 7.05 Å². The largest absolute Gasteiger partial charge is 0.348 e. The third kappa shape index (κ3) is 3.08. The fourth-order valence-electron chi connectivity index (χ4n) is 3.66. The standard InChI is InChI=1S/C19H26N4O/c1-19(2)10-9-16(14-7-5-6-8-15(14)19)22-18(24)17(20-3)13-11-21-23(4)12-13/h5-8,11-12,16-17,20H,9-10H2,1-4H3,(H,22,24). The van der Waals surface area contributed by atoms with Crippen molar-refractivity contribution in [3.05, 3.63) is 53.3 Å². The minimum absolute atomic E-state index is 0.00925. The summed E-state index contributed by atoms with van der Waals surface area (Å²) in [4.78, 5) is 12.8. The molecule has 0 bridgehead atoms. The number of carbonyl (C=O) groups is 1. The SMILES string of the molecule is CNC(C(=O)NC1CCC(C)(C)c2ccccc21)c1cnn(C)c1. The number of likely N-dealkylation sites (N-methyl/N-ethyl adjacent to an activating group) is 1. The zero-order chi connectivity index (χ0) is 17.3. The number of nitrogens with one attached hydrogen (secondary N) is 2. The molecule has 2 aromatic rings. The van der Waals surface area contributed by atoms with E-state index >= 15 is 0 Å². The first kappa shape index (κ1) is 16.7. The van der Waals surface area contributed by atoms with Crippen molar-refractivity contribution in [3.63, 3.8) is 0 Å². The first-order chi connectivity index (χ1) is 11.4. The van der Waals surface area contributed by atoms with Crippen LogP contribution in [0.15, 0.2) is 36.7 Å². The van der Waals surface area contributed by atoms with Crippen LogP contribution in [0.4, 0.5) is 0 Å². The highest BCUT2D eigenvalue weighted by Gasteiger charge is 2.34. The molecule has 3 rings (SSSR count). The van der Waals surface area contributed by atoms with Gasteiger partial charge in [0.25, 0.3) is 0 Å². The molecule has 0 aliphatic heterocycles. The molecule has 2 N–H and O–H groups in total. The Balaban J connectivity index is 1.82. The van der Waals surface area contributed by atoms with Gasteiger partial charge in [0.05, 0.1) is 12.2 Å². The van der Waals surface area contributed by atoms with Crippen LogP contribution in [0, 0.1) is 0 Å². The topological polar surface area (TPSA) is 59.0 Å². The number of amides is 1. The van der Waals surface area contributed by atoms with Crippen molar-refractivity contribution in [2.24, 2.45) is 7.05 Å². The van der Waals surface area contributed by atoms with Crippen molar-refractivity contribution in [1.29, 1.82) is 0 Å². The van der Waals surface area contributed by atoms with Crippen molar-refractivity contribution in [1.82, 2.24) is 20.4 Å². The molecule has 1 aromatic carbocycles. The number of benzene rings is 1. The van der Waals surface area contributed by atoms with E-state index in [9.17, 15) is 4.79 Å². The molecule has 0 spiro atoms. The van der Waals surface area contributed by atoms with Gasteiger partial charge in [0.1, 0.15) is 6.04 Å². The zero-order valence-corrected chi connectivity index (χ0v) is 14.8. The van der Waals surface area contributed by atoms with Crippen LogP contribution < -0.4 is 10.6 Å². The van der Waals surface area contributed by atoms with Crippen LogP contribution in [0.3, 0.4) is 0 Å². The molecule has 0 radical (unpaired) electrons. The van der Waals surface area contributed by atoms with Gasteiger partial charge in [0.2, 0.25) is 5.91 Å². The van der Waals surface area contributed by atoms with Gasteiger partial charge >= 0.3 is 0 Å². The Bertz CT molecular complexity index is 734. The van der Waals surface area contributed by atoms with Crippen LogP contribution in [0.2, 0.25) is 0 Å². The lowest BCUT2D eigenvalue weighted by molar-refractivity contribution is -0.124. The molecule has 2 atom stereocenters. The highest BCUT2D eigenvalue weighted by atomic mass is 16.2. The molecule has 1 aliphatic carbocycles. The Morgan fingerprint density at radius 2 is 2.12 bits per heavy atom. The van der Waals surface area contributed by atoms with Crippen LogP contribution in [0.25, 0.3) is 0 Å². The lowest BCUT2D eigenvalue weighted by Gasteiger charge is -2.37. The van der Waals surface area contributed by atoms with E-state index in [-0.39, 0.29) is 23.4 Å². The average Bonchev–Trinajstić information content (AvgIpc) is 2.97. The Kier molecular flexibility index (Phi) is 4.45. The maximum Gasteiger partial charge on any atom is 0.242 e. The quantitative estimate of drug-likeness (QED) is 0.908. The van der Waals surface area contributed by atoms with Gasteiger partial charge in [-0.1, -0.05) is 38.1 Å². The molecule has 0 saturated heterocycles. The molecule has 0 saturated carbocycles. The molecule has 2 unspecified atom stereocenters. The maximum atomic E-state index is 12.8.